The molecule has 0 aliphatic carbocycles. The van der Waals surface area contributed by atoms with Crippen LogP contribution in [0.2, 0.25) is 0 Å². The van der Waals surface area contributed by atoms with Gasteiger partial charge in [-0.25, -0.2) is 0 Å². The molecule has 0 aromatic heterocycles. The average molecular weight is 369 g/mol. The fraction of sp³-hybridized carbons (Fsp3) is 0.333. The molecule has 0 saturated carbocycles. The van der Waals surface area contributed by atoms with Gasteiger partial charge in [-0.3, -0.25) is 9.59 Å². The molecule has 0 aliphatic rings. The second-order valence-electron chi connectivity index (χ2n) is 7.11. The maximum Gasteiger partial charge on any atom is 0.251 e. The van der Waals surface area contributed by atoms with Gasteiger partial charge in [-0.05, 0) is 64.1 Å². The molecule has 27 heavy (non-hydrogen) atoms. The van der Waals surface area contributed by atoms with Crippen LogP contribution in [-0.4, -0.2) is 30.5 Å². The van der Waals surface area contributed by atoms with Gasteiger partial charge in [0, 0.05) is 16.8 Å². The number of para-hydroxylation sites is 2. The molecule has 0 radical (unpaired) electrons. The van der Waals surface area contributed by atoms with Crippen molar-refractivity contribution in [2.75, 3.05) is 23.8 Å². The highest BCUT2D eigenvalue weighted by Gasteiger charge is 2.15. The second-order valence-corrected chi connectivity index (χ2v) is 7.11. The average Bonchev–Trinajstić information content (AvgIpc) is 2.60. The van der Waals surface area contributed by atoms with Crippen LogP contribution in [0.5, 0.6) is 5.75 Å². The molecule has 0 unspecified atom stereocenters. The van der Waals surface area contributed by atoms with Crippen LogP contribution in [0.15, 0.2) is 48.5 Å². The minimum Gasteiger partial charge on any atom is -0.492 e. The molecule has 0 spiro atoms. The van der Waals surface area contributed by atoms with Crippen molar-refractivity contribution in [2.45, 2.75) is 33.2 Å². The number of nitrogens with one attached hydrogen (secondary N) is 3. The number of hydrogen-bond acceptors (Lipinski definition) is 4. The van der Waals surface area contributed by atoms with Crippen molar-refractivity contribution in [1.82, 2.24) is 5.32 Å². The highest BCUT2D eigenvalue weighted by atomic mass is 16.5. The van der Waals surface area contributed by atoms with Gasteiger partial charge in [0.1, 0.15) is 5.75 Å². The first kappa shape index (κ1) is 20.3. The molecule has 3 N–H and O–H groups in total. The number of rotatable bonds is 7. The summed E-state index contributed by atoms with van der Waals surface area (Å²) < 4.78 is 5.53. The largest absolute Gasteiger partial charge is 0.492 e. The Morgan fingerprint density at radius 2 is 1.67 bits per heavy atom. The van der Waals surface area contributed by atoms with Crippen molar-refractivity contribution in [1.29, 1.82) is 0 Å². The number of anilines is 2. The summed E-state index contributed by atoms with van der Waals surface area (Å²) >= 11 is 0. The van der Waals surface area contributed by atoms with Crippen LogP contribution in [-0.2, 0) is 4.79 Å². The first-order chi connectivity index (χ1) is 12.8. The Bertz CT molecular complexity index is 780. The van der Waals surface area contributed by atoms with Crippen molar-refractivity contribution in [3.05, 3.63) is 54.1 Å². The van der Waals surface area contributed by atoms with Gasteiger partial charge in [-0.2, -0.15) is 0 Å². The zero-order chi connectivity index (χ0) is 19.9. The maximum absolute atomic E-state index is 12.2. The molecular weight excluding hydrogens is 342 g/mol. The van der Waals surface area contributed by atoms with Crippen molar-refractivity contribution in [3.63, 3.8) is 0 Å². The van der Waals surface area contributed by atoms with E-state index in [1.54, 1.807) is 24.3 Å². The minimum atomic E-state index is -0.298. The van der Waals surface area contributed by atoms with Gasteiger partial charge in [-0.1, -0.05) is 12.1 Å². The Morgan fingerprint density at radius 3 is 2.30 bits per heavy atom. The summed E-state index contributed by atoms with van der Waals surface area (Å²) in [5, 5.41) is 8.78. The van der Waals surface area contributed by atoms with Crippen molar-refractivity contribution >= 4 is 23.2 Å². The zero-order valence-electron chi connectivity index (χ0n) is 16.3. The van der Waals surface area contributed by atoms with Crippen molar-refractivity contribution in [2.24, 2.45) is 0 Å². The van der Waals surface area contributed by atoms with Gasteiger partial charge in [0.15, 0.2) is 0 Å². The van der Waals surface area contributed by atoms with E-state index in [2.05, 4.69) is 16.0 Å². The predicted molar refractivity (Wildman–Crippen MR) is 108 cm³/mol. The predicted octanol–water partition coefficient (Wildman–Crippen LogP) is 3.66. The second kappa shape index (κ2) is 9.07. The number of carbonyl (C=O) groups excluding carboxylic acids is 2. The third kappa shape index (κ3) is 6.66. The SMILES string of the molecule is CCOc1ccccc1NCC(=O)Nc1ccc(C(=O)NC(C)(C)C)cc1. The summed E-state index contributed by atoms with van der Waals surface area (Å²) in [5.41, 5.74) is 1.65. The highest BCUT2D eigenvalue weighted by Crippen LogP contribution is 2.23. The zero-order valence-corrected chi connectivity index (χ0v) is 16.3. The van der Waals surface area contributed by atoms with E-state index in [0.29, 0.717) is 23.6 Å². The number of ether oxygens (including phenoxy) is 1. The summed E-state index contributed by atoms with van der Waals surface area (Å²) in [7, 11) is 0. The molecule has 0 saturated heterocycles. The van der Waals surface area contributed by atoms with E-state index in [9.17, 15) is 9.59 Å². The molecule has 0 fully saturated rings. The van der Waals surface area contributed by atoms with Gasteiger partial charge in [0.05, 0.1) is 18.8 Å². The van der Waals surface area contributed by atoms with Gasteiger partial charge in [0.2, 0.25) is 5.91 Å². The fourth-order valence-corrected chi connectivity index (χ4v) is 2.39. The van der Waals surface area contributed by atoms with Gasteiger partial charge in [-0.15, -0.1) is 0 Å². The third-order valence-corrected chi connectivity index (χ3v) is 3.55. The minimum absolute atomic E-state index is 0.107. The first-order valence-electron chi connectivity index (χ1n) is 8.96. The van der Waals surface area contributed by atoms with Crippen LogP contribution in [0.3, 0.4) is 0 Å². The van der Waals surface area contributed by atoms with Crippen LogP contribution >= 0.6 is 0 Å². The Morgan fingerprint density at radius 1 is 1.00 bits per heavy atom. The molecule has 0 aliphatic heterocycles. The molecule has 144 valence electrons. The van der Waals surface area contributed by atoms with E-state index in [0.717, 1.165) is 5.69 Å². The number of amides is 2. The summed E-state index contributed by atoms with van der Waals surface area (Å²) in [6.45, 7) is 8.36. The number of hydrogen-bond donors (Lipinski definition) is 3. The molecule has 2 amide bonds. The van der Waals surface area contributed by atoms with Crippen LogP contribution < -0.4 is 20.7 Å². The molecule has 0 bridgehead atoms. The van der Waals surface area contributed by atoms with Crippen LogP contribution in [0, 0.1) is 0 Å². The van der Waals surface area contributed by atoms with Gasteiger partial charge >= 0.3 is 0 Å². The van der Waals surface area contributed by atoms with Gasteiger partial charge in [0.25, 0.3) is 5.91 Å². The Hall–Kier alpha value is -3.02. The van der Waals surface area contributed by atoms with Gasteiger partial charge < -0.3 is 20.7 Å². The molecular formula is C21H27N3O3. The van der Waals surface area contributed by atoms with E-state index in [1.807, 2.05) is 52.0 Å². The Kier molecular flexibility index (Phi) is 6.82. The standard InChI is InChI=1S/C21H27N3O3/c1-5-27-18-9-7-6-8-17(18)22-14-19(25)23-16-12-10-15(11-13-16)20(26)24-21(2,3)4/h6-13,22H,5,14H2,1-4H3,(H,23,25)(H,24,26). The Labute approximate surface area is 160 Å². The molecule has 2 rings (SSSR count). The topological polar surface area (TPSA) is 79.5 Å². The summed E-state index contributed by atoms with van der Waals surface area (Å²) in [6.07, 6.45) is 0. The highest BCUT2D eigenvalue weighted by molar-refractivity contribution is 5.97. The van der Waals surface area contributed by atoms with E-state index >= 15 is 0 Å². The van der Waals surface area contributed by atoms with E-state index in [-0.39, 0.29) is 23.9 Å². The molecule has 6 heteroatoms. The quantitative estimate of drug-likeness (QED) is 0.696. The lowest BCUT2D eigenvalue weighted by Gasteiger charge is -2.20. The van der Waals surface area contributed by atoms with Crippen LogP contribution in [0.25, 0.3) is 0 Å². The molecule has 6 nitrogen and oxygen atoms in total. The summed E-state index contributed by atoms with van der Waals surface area (Å²) in [6, 6.07) is 14.3. The molecule has 0 heterocycles. The summed E-state index contributed by atoms with van der Waals surface area (Å²) in [5.74, 6) is 0.379. The summed E-state index contributed by atoms with van der Waals surface area (Å²) in [4.78, 5) is 24.3. The molecule has 2 aromatic carbocycles. The normalized spacial score (nSPS) is 10.8. The van der Waals surface area contributed by atoms with E-state index in [4.69, 9.17) is 4.74 Å². The fourth-order valence-electron chi connectivity index (χ4n) is 2.39. The van der Waals surface area contributed by atoms with E-state index in [1.165, 1.54) is 0 Å². The monoisotopic (exact) mass is 369 g/mol. The lowest BCUT2D eigenvalue weighted by Crippen LogP contribution is -2.40. The van der Waals surface area contributed by atoms with Crippen LogP contribution in [0.1, 0.15) is 38.1 Å². The first-order valence-corrected chi connectivity index (χ1v) is 8.96. The molecule has 2 aromatic rings. The number of carbonyl (C=O) groups is 2. The smallest absolute Gasteiger partial charge is 0.251 e. The van der Waals surface area contributed by atoms with Crippen molar-refractivity contribution in [3.8, 4) is 5.75 Å². The third-order valence-electron chi connectivity index (χ3n) is 3.55. The van der Waals surface area contributed by atoms with Crippen molar-refractivity contribution < 1.29 is 14.3 Å². The molecule has 0 atom stereocenters. The van der Waals surface area contributed by atoms with Crippen LogP contribution in [0.4, 0.5) is 11.4 Å². The maximum atomic E-state index is 12.2. The lowest BCUT2D eigenvalue weighted by molar-refractivity contribution is -0.114. The Balaban J connectivity index is 1.90. The van der Waals surface area contributed by atoms with E-state index < -0.39 is 0 Å². The lowest BCUT2D eigenvalue weighted by atomic mass is 10.1. The number of benzene rings is 2.